The van der Waals surface area contributed by atoms with Crippen molar-refractivity contribution in [3.63, 3.8) is 0 Å². The van der Waals surface area contributed by atoms with Crippen LogP contribution in [0.25, 0.3) is 0 Å². The van der Waals surface area contributed by atoms with E-state index in [1.165, 1.54) is 6.08 Å². The fourth-order valence-corrected chi connectivity index (χ4v) is 2.67. The van der Waals surface area contributed by atoms with E-state index in [2.05, 4.69) is 0 Å². The van der Waals surface area contributed by atoms with Crippen LogP contribution in [-0.2, 0) is 0 Å². The quantitative estimate of drug-likeness (QED) is 0.684. The summed E-state index contributed by atoms with van der Waals surface area (Å²) in [4.78, 5) is 0. The van der Waals surface area contributed by atoms with Crippen LogP contribution in [-0.4, -0.2) is 12.7 Å². The Hall–Kier alpha value is -0.700. The first-order valence-electron chi connectivity index (χ1n) is 5.82. The number of halogens is 2. The number of alkyl halides is 1. The second kappa shape index (κ2) is 3.66. The third-order valence-corrected chi connectivity index (χ3v) is 4.09. The molecule has 2 aliphatic carbocycles. The van der Waals surface area contributed by atoms with E-state index in [1.54, 1.807) is 0 Å². The molecule has 2 rings (SSSR count). The summed E-state index contributed by atoms with van der Waals surface area (Å²) in [5.74, 6) is -0.299. The average Bonchev–Trinajstić information content (AvgIpc) is 2.82. The highest BCUT2D eigenvalue weighted by Crippen LogP contribution is 2.53. The maximum absolute atomic E-state index is 13.7. The molecule has 0 saturated carbocycles. The van der Waals surface area contributed by atoms with Gasteiger partial charge >= 0.3 is 0 Å². The van der Waals surface area contributed by atoms with E-state index in [4.69, 9.17) is 5.73 Å². The molecule has 0 aliphatic heterocycles. The van der Waals surface area contributed by atoms with Gasteiger partial charge in [0.1, 0.15) is 6.17 Å². The molecule has 0 fully saturated rings. The molecule has 2 N–H and O–H groups in total. The zero-order valence-electron chi connectivity index (χ0n) is 10.1. The highest BCUT2D eigenvalue weighted by Gasteiger charge is 2.48. The van der Waals surface area contributed by atoms with Crippen LogP contribution in [0.15, 0.2) is 23.0 Å². The molecule has 0 heterocycles. The van der Waals surface area contributed by atoms with E-state index in [1.807, 2.05) is 20.8 Å². The number of nitrogens with two attached hydrogens (primary N) is 1. The van der Waals surface area contributed by atoms with Crippen LogP contribution in [0.1, 0.15) is 27.2 Å². The first kappa shape index (κ1) is 11.8. The lowest BCUT2D eigenvalue weighted by Crippen LogP contribution is -2.23. The van der Waals surface area contributed by atoms with Gasteiger partial charge in [-0.15, -0.1) is 0 Å². The summed E-state index contributed by atoms with van der Waals surface area (Å²) in [5, 5.41) is 0. The molecule has 0 bridgehead atoms. The Morgan fingerprint density at radius 3 is 2.62 bits per heavy atom. The molecule has 2 unspecified atom stereocenters. The first-order chi connectivity index (χ1) is 7.38. The van der Waals surface area contributed by atoms with Crippen molar-refractivity contribution in [2.24, 2.45) is 23.0 Å². The second-order valence-electron chi connectivity index (χ2n) is 5.62. The van der Waals surface area contributed by atoms with Gasteiger partial charge in [0, 0.05) is 18.9 Å². The predicted molar refractivity (Wildman–Crippen MR) is 61.2 cm³/mol. The molecule has 0 spiro atoms. The van der Waals surface area contributed by atoms with Crippen molar-refractivity contribution in [1.82, 2.24) is 0 Å². The number of hydrogen-bond acceptors (Lipinski definition) is 1. The fourth-order valence-electron chi connectivity index (χ4n) is 2.67. The van der Waals surface area contributed by atoms with E-state index >= 15 is 0 Å². The molecular formula is C13H19F2N. The number of allylic oxidation sites excluding steroid dienone is 2. The smallest absolute Gasteiger partial charge is 0.144 e. The SMILES string of the molecule is CC1C2=C(C(CN)C=C(F)CC1(C)C)[C@@H]2F. The monoisotopic (exact) mass is 227 g/mol. The van der Waals surface area contributed by atoms with Crippen LogP contribution in [0.2, 0.25) is 0 Å². The van der Waals surface area contributed by atoms with Gasteiger partial charge in [-0.25, -0.2) is 8.78 Å². The maximum Gasteiger partial charge on any atom is 0.144 e. The van der Waals surface area contributed by atoms with Crippen LogP contribution < -0.4 is 5.73 Å². The number of hydrogen-bond donors (Lipinski definition) is 1. The molecule has 0 aromatic carbocycles. The van der Waals surface area contributed by atoms with Crippen LogP contribution in [0.3, 0.4) is 0 Å². The Labute approximate surface area is 95.4 Å². The molecule has 0 saturated heterocycles. The Morgan fingerprint density at radius 2 is 2.06 bits per heavy atom. The average molecular weight is 227 g/mol. The van der Waals surface area contributed by atoms with Gasteiger partial charge in [-0.1, -0.05) is 20.8 Å². The van der Waals surface area contributed by atoms with Crippen molar-refractivity contribution in [2.75, 3.05) is 6.54 Å². The van der Waals surface area contributed by atoms with Crippen molar-refractivity contribution in [1.29, 1.82) is 0 Å². The summed E-state index contributed by atoms with van der Waals surface area (Å²) in [7, 11) is 0. The fraction of sp³-hybridized carbons (Fsp3) is 0.692. The van der Waals surface area contributed by atoms with Crippen LogP contribution in [0, 0.1) is 17.3 Å². The van der Waals surface area contributed by atoms with Crippen LogP contribution in [0.4, 0.5) is 8.78 Å². The summed E-state index contributed by atoms with van der Waals surface area (Å²) >= 11 is 0. The third-order valence-electron chi connectivity index (χ3n) is 4.09. The van der Waals surface area contributed by atoms with E-state index in [-0.39, 0.29) is 23.1 Å². The highest BCUT2D eigenvalue weighted by atomic mass is 19.1. The van der Waals surface area contributed by atoms with Gasteiger partial charge in [0.15, 0.2) is 0 Å². The van der Waals surface area contributed by atoms with E-state index in [9.17, 15) is 8.78 Å². The van der Waals surface area contributed by atoms with E-state index in [0.717, 1.165) is 11.1 Å². The lowest BCUT2D eigenvalue weighted by Gasteiger charge is -2.31. The standard InChI is InChI=1S/C13H19F2N/c1-7-10-11(12(10)15)8(6-16)4-9(14)5-13(7,2)3/h4,7-8,12H,5-6,16H2,1-3H3/t7?,8?,12-/m1/s1. The Morgan fingerprint density at radius 1 is 1.44 bits per heavy atom. The van der Waals surface area contributed by atoms with Crippen molar-refractivity contribution >= 4 is 0 Å². The van der Waals surface area contributed by atoms with Gasteiger partial charge in [-0.05, 0) is 28.6 Å². The molecule has 0 aromatic rings. The van der Waals surface area contributed by atoms with E-state index in [0.29, 0.717) is 13.0 Å². The Kier molecular flexibility index (Phi) is 2.69. The van der Waals surface area contributed by atoms with Crippen molar-refractivity contribution in [3.05, 3.63) is 23.0 Å². The Balaban J connectivity index is 2.38. The number of rotatable bonds is 1. The van der Waals surface area contributed by atoms with Gasteiger partial charge in [0.2, 0.25) is 0 Å². The van der Waals surface area contributed by atoms with Crippen molar-refractivity contribution < 1.29 is 8.78 Å². The molecule has 16 heavy (non-hydrogen) atoms. The van der Waals surface area contributed by atoms with Gasteiger partial charge in [0.25, 0.3) is 0 Å². The molecule has 0 amide bonds. The summed E-state index contributed by atoms with van der Waals surface area (Å²) in [6, 6.07) is 0. The van der Waals surface area contributed by atoms with Crippen LogP contribution in [0.5, 0.6) is 0 Å². The molecule has 3 heteroatoms. The van der Waals surface area contributed by atoms with Gasteiger partial charge in [0.05, 0.1) is 5.83 Å². The molecule has 3 atom stereocenters. The highest BCUT2D eigenvalue weighted by molar-refractivity contribution is 5.50. The van der Waals surface area contributed by atoms with Crippen molar-refractivity contribution in [2.45, 2.75) is 33.4 Å². The zero-order valence-corrected chi connectivity index (χ0v) is 10.1. The van der Waals surface area contributed by atoms with Gasteiger partial charge in [-0.3, -0.25) is 0 Å². The van der Waals surface area contributed by atoms with E-state index < -0.39 is 6.17 Å². The summed E-state index contributed by atoms with van der Waals surface area (Å²) in [6.07, 6.45) is 0.918. The molecule has 1 nitrogen and oxygen atoms in total. The molecule has 0 radical (unpaired) electrons. The minimum absolute atomic E-state index is 0.0889. The summed E-state index contributed by atoms with van der Waals surface area (Å²) in [6.45, 7) is 6.26. The minimum Gasteiger partial charge on any atom is -0.330 e. The topological polar surface area (TPSA) is 26.0 Å². The van der Waals surface area contributed by atoms with Crippen molar-refractivity contribution in [3.8, 4) is 0 Å². The van der Waals surface area contributed by atoms with Gasteiger partial charge in [-0.2, -0.15) is 0 Å². The Bertz CT molecular complexity index is 368. The maximum atomic E-state index is 13.7. The zero-order chi connectivity index (χ0) is 12.1. The normalized spacial score (nSPS) is 37.4. The molecule has 90 valence electrons. The largest absolute Gasteiger partial charge is 0.330 e. The predicted octanol–water partition coefficient (Wildman–Crippen LogP) is 3.13. The summed E-state index contributed by atoms with van der Waals surface area (Å²) in [5.41, 5.74) is 6.94. The third kappa shape index (κ3) is 1.71. The lowest BCUT2D eigenvalue weighted by molar-refractivity contribution is 0.241. The summed E-state index contributed by atoms with van der Waals surface area (Å²) < 4.78 is 27.4. The van der Waals surface area contributed by atoms with Crippen LogP contribution >= 0.6 is 0 Å². The molecule has 0 aromatic heterocycles. The van der Waals surface area contributed by atoms with Gasteiger partial charge < -0.3 is 5.73 Å². The first-order valence-corrected chi connectivity index (χ1v) is 5.82. The molecule has 2 aliphatic rings. The molecular weight excluding hydrogens is 208 g/mol. The second-order valence-corrected chi connectivity index (χ2v) is 5.62. The minimum atomic E-state index is -0.954. The lowest BCUT2D eigenvalue weighted by atomic mass is 9.74.